The smallest absolute Gasteiger partial charge is 0.231 e. The molecule has 0 spiro atoms. The molecule has 1 N–H and O–H groups in total. The quantitative estimate of drug-likeness (QED) is 0.242. The maximum Gasteiger partial charge on any atom is 0.231 e. The Bertz CT molecular complexity index is 1350. The van der Waals surface area contributed by atoms with Crippen molar-refractivity contribution in [3.63, 3.8) is 0 Å². The lowest BCUT2D eigenvalue weighted by atomic mass is 10.0. The minimum atomic E-state index is -0.149. The molecule has 0 unspecified atom stereocenters. The van der Waals surface area contributed by atoms with Gasteiger partial charge in [0.2, 0.25) is 5.91 Å². The molecule has 2 heterocycles. The van der Waals surface area contributed by atoms with E-state index in [1.54, 1.807) is 6.08 Å². The summed E-state index contributed by atoms with van der Waals surface area (Å²) in [7, 11) is 0. The van der Waals surface area contributed by atoms with Crippen LogP contribution < -0.4 is 5.32 Å². The number of hydrogen-bond donors (Lipinski definition) is 1. The van der Waals surface area contributed by atoms with Gasteiger partial charge in [-0.1, -0.05) is 71.8 Å². The van der Waals surface area contributed by atoms with Crippen LogP contribution >= 0.6 is 11.8 Å². The first-order valence-electron chi connectivity index (χ1n) is 10.4. The van der Waals surface area contributed by atoms with Gasteiger partial charge in [-0.05, 0) is 19.1 Å². The van der Waals surface area contributed by atoms with Gasteiger partial charge in [-0.15, -0.1) is 23.2 Å². The molecule has 7 heteroatoms. The maximum atomic E-state index is 12.0. The summed E-state index contributed by atoms with van der Waals surface area (Å²) in [4.78, 5) is 16.9. The molecule has 0 fully saturated rings. The van der Waals surface area contributed by atoms with Crippen LogP contribution in [0.4, 0.5) is 0 Å². The van der Waals surface area contributed by atoms with Crippen LogP contribution in [0.1, 0.15) is 5.56 Å². The minimum absolute atomic E-state index is 0.149. The number of rotatable bonds is 8. The molecule has 0 aliphatic rings. The molecule has 4 aromatic rings. The second kappa shape index (κ2) is 10.2. The van der Waals surface area contributed by atoms with E-state index in [4.69, 9.17) is 11.4 Å². The van der Waals surface area contributed by atoms with Crippen LogP contribution in [-0.2, 0) is 11.3 Å². The minimum Gasteiger partial charge on any atom is -0.344 e. The van der Waals surface area contributed by atoms with Crippen LogP contribution in [0.3, 0.4) is 0 Å². The lowest BCUT2D eigenvalue weighted by molar-refractivity contribution is -0.118. The molecule has 2 aromatic heterocycles. The molecule has 2 aromatic carbocycles. The van der Waals surface area contributed by atoms with Gasteiger partial charge in [0, 0.05) is 23.1 Å². The lowest BCUT2D eigenvalue weighted by Gasteiger charge is -2.12. The molecule has 6 nitrogen and oxygen atoms in total. The highest BCUT2D eigenvalue weighted by Gasteiger charge is 2.18. The number of nitrogens with one attached hydrogen (secondary N) is 1. The van der Waals surface area contributed by atoms with Crippen molar-refractivity contribution in [2.24, 2.45) is 0 Å². The molecule has 164 valence electrons. The van der Waals surface area contributed by atoms with Crippen LogP contribution in [0.2, 0.25) is 0 Å². The summed E-state index contributed by atoms with van der Waals surface area (Å²) in [6.45, 7) is 6.66. The number of fused-ring (bicyclic) bond motifs is 1. The highest BCUT2D eigenvalue weighted by molar-refractivity contribution is 7.99. The SMILES string of the molecule is C#CCNC(=O)CSc1nnc(-c2cc(-c3ccc(C)cc3)nc3ccccc23)n1CC=C. The van der Waals surface area contributed by atoms with Crippen LogP contribution in [0, 0.1) is 19.3 Å². The van der Waals surface area contributed by atoms with Gasteiger partial charge in [-0.3, -0.25) is 9.36 Å². The van der Waals surface area contributed by atoms with Crippen LogP contribution in [0.25, 0.3) is 33.5 Å². The average Bonchev–Trinajstić information content (AvgIpc) is 3.23. The molecule has 33 heavy (non-hydrogen) atoms. The largest absolute Gasteiger partial charge is 0.344 e. The Balaban J connectivity index is 1.78. The van der Waals surface area contributed by atoms with Gasteiger partial charge in [-0.2, -0.15) is 0 Å². The summed E-state index contributed by atoms with van der Waals surface area (Å²) in [5.41, 5.74) is 4.89. The van der Waals surface area contributed by atoms with E-state index in [2.05, 4.69) is 59.2 Å². The molecule has 0 radical (unpaired) electrons. The van der Waals surface area contributed by atoms with E-state index in [0.29, 0.717) is 17.5 Å². The third-order valence-corrected chi connectivity index (χ3v) is 6.02. The summed E-state index contributed by atoms with van der Waals surface area (Å²) >= 11 is 1.31. The zero-order valence-corrected chi connectivity index (χ0v) is 19.1. The number of pyridine rings is 1. The number of para-hydroxylation sites is 1. The van der Waals surface area contributed by atoms with Gasteiger partial charge < -0.3 is 5.32 Å². The van der Waals surface area contributed by atoms with Crippen LogP contribution in [0.5, 0.6) is 0 Å². The van der Waals surface area contributed by atoms with Gasteiger partial charge in [0.05, 0.1) is 23.5 Å². The average molecular weight is 454 g/mol. The van der Waals surface area contributed by atoms with E-state index in [-0.39, 0.29) is 18.2 Å². The highest BCUT2D eigenvalue weighted by Crippen LogP contribution is 2.33. The summed E-state index contributed by atoms with van der Waals surface area (Å²) < 4.78 is 1.97. The zero-order chi connectivity index (χ0) is 23.2. The summed E-state index contributed by atoms with van der Waals surface area (Å²) in [6.07, 6.45) is 7.00. The summed E-state index contributed by atoms with van der Waals surface area (Å²) in [5.74, 6) is 3.15. The van der Waals surface area contributed by atoms with Crippen molar-refractivity contribution in [1.29, 1.82) is 0 Å². The third kappa shape index (κ3) is 4.97. The van der Waals surface area contributed by atoms with Gasteiger partial charge in [-0.25, -0.2) is 4.98 Å². The van der Waals surface area contributed by atoms with Gasteiger partial charge >= 0.3 is 0 Å². The topological polar surface area (TPSA) is 72.7 Å². The Kier molecular flexibility index (Phi) is 6.86. The monoisotopic (exact) mass is 453 g/mol. The molecular weight excluding hydrogens is 430 g/mol. The predicted molar refractivity (Wildman–Crippen MR) is 134 cm³/mol. The fourth-order valence-electron chi connectivity index (χ4n) is 3.45. The number of aryl methyl sites for hydroxylation is 1. The van der Waals surface area contributed by atoms with Crippen molar-refractivity contribution >= 4 is 28.6 Å². The number of nitrogens with zero attached hydrogens (tertiary/aromatic N) is 4. The van der Waals surface area contributed by atoms with Crippen molar-refractivity contribution in [3.8, 4) is 35.0 Å². The third-order valence-electron chi connectivity index (χ3n) is 5.05. The molecule has 0 saturated carbocycles. The van der Waals surface area contributed by atoms with Crippen LogP contribution in [-0.4, -0.2) is 38.0 Å². The van der Waals surface area contributed by atoms with Crippen molar-refractivity contribution in [3.05, 3.63) is 72.8 Å². The number of thioether (sulfide) groups is 1. The van der Waals surface area contributed by atoms with Crippen molar-refractivity contribution < 1.29 is 4.79 Å². The van der Waals surface area contributed by atoms with Gasteiger partial charge in [0.1, 0.15) is 0 Å². The molecule has 1 amide bonds. The molecule has 0 atom stereocenters. The van der Waals surface area contributed by atoms with E-state index in [9.17, 15) is 4.79 Å². The number of carbonyl (C=O) groups excluding carboxylic acids is 1. The van der Waals surface area contributed by atoms with Gasteiger partial charge in [0.15, 0.2) is 11.0 Å². The number of aromatic nitrogens is 4. The fraction of sp³-hybridized carbons (Fsp3) is 0.154. The molecule has 0 aliphatic carbocycles. The fourth-order valence-corrected chi connectivity index (χ4v) is 4.23. The van der Waals surface area contributed by atoms with E-state index in [1.807, 2.05) is 34.9 Å². The lowest BCUT2D eigenvalue weighted by Crippen LogP contribution is -2.25. The number of carbonyl (C=O) groups is 1. The normalized spacial score (nSPS) is 10.7. The molecule has 4 rings (SSSR count). The highest BCUT2D eigenvalue weighted by atomic mass is 32.2. The van der Waals surface area contributed by atoms with E-state index >= 15 is 0 Å². The zero-order valence-electron chi connectivity index (χ0n) is 18.3. The number of benzene rings is 2. The molecule has 0 saturated heterocycles. The van der Waals surface area contributed by atoms with Crippen molar-refractivity contribution in [1.82, 2.24) is 25.1 Å². The van der Waals surface area contributed by atoms with Gasteiger partial charge in [0.25, 0.3) is 0 Å². The molecule has 0 bridgehead atoms. The van der Waals surface area contributed by atoms with Crippen molar-refractivity contribution in [2.75, 3.05) is 12.3 Å². The first kappa shape index (κ1) is 22.3. The first-order chi connectivity index (χ1) is 16.1. The Morgan fingerprint density at radius 3 is 2.76 bits per heavy atom. The Morgan fingerprint density at radius 1 is 1.21 bits per heavy atom. The Labute approximate surface area is 197 Å². The number of amides is 1. The predicted octanol–water partition coefficient (Wildman–Crippen LogP) is 4.50. The second-order valence-corrected chi connectivity index (χ2v) is 8.36. The molecule has 0 aliphatic heterocycles. The second-order valence-electron chi connectivity index (χ2n) is 7.41. The van der Waals surface area contributed by atoms with Crippen LogP contribution in [0.15, 0.2) is 72.4 Å². The number of hydrogen-bond acceptors (Lipinski definition) is 5. The van der Waals surface area contributed by atoms with E-state index < -0.39 is 0 Å². The van der Waals surface area contributed by atoms with E-state index in [1.165, 1.54) is 17.3 Å². The molecular formula is C26H23N5OS. The number of allylic oxidation sites excluding steroid dienone is 1. The summed E-state index contributed by atoms with van der Waals surface area (Å²) in [5, 5.41) is 13.2. The van der Waals surface area contributed by atoms with Crippen molar-refractivity contribution in [2.45, 2.75) is 18.6 Å². The Morgan fingerprint density at radius 2 is 2.00 bits per heavy atom. The maximum absolute atomic E-state index is 12.0. The first-order valence-corrected chi connectivity index (χ1v) is 11.4. The Hall–Kier alpha value is -3.89. The summed E-state index contributed by atoms with van der Waals surface area (Å²) in [6, 6.07) is 18.3. The number of terminal acetylenes is 1. The standard InChI is InChI=1S/C26H23N5OS/c1-4-14-27-24(32)17-33-26-30-29-25(31(26)15-5-2)21-16-23(19-12-10-18(3)11-13-19)28-22-9-7-6-8-20(21)22/h1,5-13,16H,2,14-15,17H2,3H3,(H,27,32). The van der Waals surface area contributed by atoms with E-state index in [0.717, 1.165) is 27.7 Å².